The molecule has 0 bridgehead atoms. The van der Waals surface area contributed by atoms with E-state index in [9.17, 15) is 9.59 Å². The highest BCUT2D eigenvalue weighted by molar-refractivity contribution is 5.95. The van der Waals surface area contributed by atoms with Gasteiger partial charge in [0, 0.05) is 54.6 Å². The second-order valence-electron chi connectivity index (χ2n) is 7.65. The third-order valence-electron chi connectivity index (χ3n) is 5.48. The summed E-state index contributed by atoms with van der Waals surface area (Å²) in [4.78, 5) is 33.9. The zero-order valence-electron chi connectivity index (χ0n) is 17.4. The summed E-state index contributed by atoms with van der Waals surface area (Å²) in [6, 6.07) is 10.1. The van der Waals surface area contributed by atoms with Crippen LogP contribution in [0.25, 0.3) is 16.5 Å². The van der Waals surface area contributed by atoms with E-state index in [-0.39, 0.29) is 18.4 Å². The van der Waals surface area contributed by atoms with Crippen LogP contribution in [0.2, 0.25) is 0 Å². The Balaban J connectivity index is 1.48. The van der Waals surface area contributed by atoms with Gasteiger partial charge in [-0.1, -0.05) is 18.2 Å². The van der Waals surface area contributed by atoms with Crippen LogP contribution in [0, 0.1) is 6.92 Å². The van der Waals surface area contributed by atoms with Crippen molar-refractivity contribution in [2.75, 3.05) is 18.9 Å². The van der Waals surface area contributed by atoms with Crippen molar-refractivity contribution in [2.45, 2.75) is 26.9 Å². The van der Waals surface area contributed by atoms with Gasteiger partial charge >= 0.3 is 0 Å². The molecule has 0 unspecified atom stereocenters. The van der Waals surface area contributed by atoms with Gasteiger partial charge in [-0.3, -0.25) is 9.59 Å². The van der Waals surface area contributed by atoms with Crippen LogP contribution in [-0.2, 0) is 22.7 Å². The first-order chi connectivity index (χ1) is 14.4. The number of allylic oxidation sites excluding steroid dienone is 1. The third-order valence-corrected chi connectivity index (χ3v) is 5.48. The molecule has 0 atom stereocenters. The molecule has 3 aromatic rings. The minimum Gasteiger partial charge on any atom is -0.361 e. The van der Waals surface area contributed by atoms with Crippen molar-refractivity contribution in [3.05, 3.63) is 65.0 Å². The average Bonchev–Trinajstić information content (AvgIpc) is 2.97. The van der Waals surface area contributed by atoms with Gasteiger partial charge < -0.3 is 20.5 Å². The summed E-state index contributed by atoms with van der Waals surface area (Å²) in [6.45, 7) is 5.08. The fourth-order valence-electron chi connectivity index (χ4n) is 3.71. The lowest BCUT2D eigenvalue weighted by atomic mass is 10.1. The van der Waals surface area contributed by atoms with E-state index in [0.29, 0.717) is 18.9 Å². The highest BCUT2D eigenvalue weighted by Gasteiger charge is 2.18. The Morgan fingerprint density at radius 3 is 2.97 bits per heavy atom. The molecule has 3 heterocycles. The Labute approximate surface area is 175 Å². The lowest BCUT2D eigenvalue weighted by molar-refractivity contribution is -0.128. The molecule has 3 N–H and O–H groups in total. The van der Waals surface area contributed by atoms with Crippen molar-refractivity contribution >= 4 is 34.1 Å². The highest BCUT2D eigenvalue weighted by Crippen LogP contribution is 2.23. The predicted molar refractivity (Wildman–Crippen MR) is 118 cm³/mol. The summed E-state index contributed by atoms with van der Waals surface area (Å²) in [5.74, 6) is 0.579. The molecule has 4 rings (SSSR count). The van der Waals surface area contributed by atoms with Crippen molar-refractivity contribution in [1.82, 2.24) is 20.2 Å². The normalized spacial score (nSPS) is 14.3. The van der Waals surface area contributed by atoms with Crippen molar-refractivity contribution in [3.8, 4) is 0 Å². The van der Waals surface area contributed by atoms with E-state index in [4.69, 9.17) is 0 Å². The summed E-state index contributed by atoms with van der Waals surface area (Å²) < 4.78 is 0. The van der Waals surface area contributed by atoms with Crippen LogP contribution < -0.4 is 10.6 Å². The first-order valence-electron chi connectivity index (χ1n) is 9.92. The van der Waals surface area contributed by atoms with Gasteiger partial charge in [0.2, 0.25) is 11.8 Å². The van der Waals surface area contributed by atoms with Crippen LogP contribution in [0.1, 0.15) is 29.3 Å². The number of fused-ring (bicyclic) bond motifs is 2. The van der Waals surface area contributed by atoms with E-state index in [1.165, 1.54) is 0 Å². The van der Waals surface area contributed by atoms with E-state index >= 15 is 0 Å². The SMILES string of the molecule is CC(=CC(=O)NCc1c(C)[nH]c2ccccc12)c1cnc2c(c1)CN(C)C(=O)CN2. The molecule has 0 saturated heterocycles. The molecular weight excluding hydrogens is 378 g/mol. The number of aryl methyl sites for hydroxylation is 1. The molecule has 2 amide bonds. The lowest BCUT2D eigenvalue weighted by Crippen LogP contribution is -2.28. The summed E-state index contributed by atoms with van der Waals surface area (Å²) in [6.07, 6.45) is 3.32. The fourth-order valence-corrected chi connectivity index (χ4v) is 3.71. The van der Waals surface area contributed by atoms with Crippen molar-refractivity contribution in [1.29, 1.82) is 0 Å². The number of H-pyrrole nitrogens is 1. The fraction of sp³-hybridized carbons (Fsp3) is 0.261. The average molecular weight is 403 g/mol. The van der Waals surface area contributed by atoms with Crippen molar-refractivity contribution in [3.63, 3.8) is 0 Å². The van der Waals surface area contributed by atoms with E-state index in [1.54, 1.807) is 24.2 Å². The van der Waals surface area contributed by atoms with Crippen LogP contribution in [0.15, 0.2) is 42.6 Å². The predicted octanol–water partition coefficient (Wildman–Crippen LogP) is 2.97. The van der Waals surface area contributed by atoms with E-state index in [1.807, 2.05) is 38.1 Å². The topological polar surface area (TPSA) is 90.1 Å². The standard InChI is InChI=1S/C23H25N5O2/c1-14(16-9-17-13-28(3)22(30)12-26-23(17)25-10-16)8-21(29)24-11-19-15(2)27-20-7-5-4-6-18(19)20/h4-10,27H,11-13H2,1-3H3,(H,24,29)(H,25,26). The number of nitrogens with one attached hydrogen (secondary N) is 3. The molecule has 2 aromatic heterocycles. The molecule has 0 aliphatic carbocycles. The number of carbonyl (C=O) groups excluding carboxylic acids is 2. The van der Waals surface area contributed by atoms with Gasteiger partial charge in [0.05, 0.1) is 6.54 Å². The molecular formula is C23H25N5O2. The second kappa shape index (κ2) is 8.02. The molecule has 7 nitrogen and oxygen atoms in total. The van der Waals surface area contributed by atoms with Gasteiger partial charge in [0.25, 0.3) is 0 Å². The van der Waals surface area contributed by atoms with Crippen LogP contribution in [0.3, 0.4) is 0 Å². The molecule has 0 saturated carbocycles. The number of likely N-dealkylation sites (N-methyl/N-ethyl adjacent to an activating group) is 1. The van der Waals surface area contributed by atoms with Crippen LogP contribution in [0.5, 0.6) is 0 Å². The molecule has 0 fully saturated rings. The number of benzene rings is 1. The molecule has 1 aliphatic rings. The lowest BCUT2D eigenvalue weighted by Gasteiger charge is -2.14. The summed E-state index contributed by atoms with van der Waals surface area (Å²) in [7, 11) is 1.77. The minimum absolute atomic E-state index is 0.0220. The number of amides is 2. The van der Waals surface area contributed by atoms with Gasteiger partial charge in [-0.05, 0) is 42.7 Å². The van der Waals surface area contributed by atoms with Crippen LogP contribution >= 0.6 is 0 Å². The number of anilines is 1. The van der Waals surface area contributed by atoms with Crippen LogP contribution in [0.4, 0.5) is 5.82 Å². The minimum atomic E-state index is -0.155. The number of carbonyl (C=O) groups is 2. The molecule has 7 heteroatoms. The van der Waals surface area contributed by atoms with Gasteiger partial charge in [0.1, 0.15) is 5.82 Å². The van der Waals surface area contributed by atoms with E-state index in [0.717, 1.165) is 38.9 Å². The number of nitrogens with zero attached hydrogens (tertiary/aromatic N) is 2. The number of hydrogen-bond acceptors (Lipinski definition) is 4. The molecule has 1 aromatic carbocycles. The Bertz CT molecular complexity index is 1160. The Morgan fingerprint density at radius 2 is 2.13 bits per heavy atom. The summed E-state index contributed by atoms with van der Waals surface area (Å²) >= 11 is 0. The smallest absolute Gasteiger partial charge is 0.244 e. The molecule has 154 valence electrons. The summed E-state index contributed by atoms with van der Waals surface area (Å²) in [5.41, 5.74) is 5.82. The number of pyridine rings is 1. The van der Waals surface area contributed by atoms with Gasteiger partial charge in [-0.2, -0.15) is 0 Å². The maximum atomic E-state index is 12.5. The van der Waals surface area contributed by atoms with Gasteiger partial charge in [0.15, 0.2) is 0 Å². The van der Waals surface area contributed by atoms with E-state index < -0.39 is 0 Å². The Kier molecular flexibility index (Phi) is 5.27. The Morgan fingerprint density at radius 1 is 1.33 bits per heavy atom. The number of aromatic nitrogens is 2. The molecule has 30 heavy (non-hydrogen) atoms. The number of hydrogen-bond donors (Lipinski definition) is 3. The summed E-state index contributed by atoms with van der Waals surface area (Å²) in [5, 5.41) is 7.17. The largest absolute Gasteiger partial charge is 0.361 e. The highest BCUT2D eigenvalue weighted by atomic mass is 16.2. The van der Waals surface area contributed by atoms with Crippen LogP contribution in [-0.4, -0.2) is 40.3 Å². The van der Waals surface area contributed by atoms with Gasteiger partial charge in [-0.15, -0.1) is 0 Å². The van der Waals surface area contributed by atoms with E-state index in [2.05, 4.69) is 26.7 Å². The molecule has 0 radical (unpaired) electrons. The quantitative estimate of drug-likeness (QED) is 0.584. The number of aromatic amines is 1. The monoisotopic (exact) mass is 403 g/mol. The maximum Gasteiger partial charge on any atom is 0.244 e. The Hall–Kier alpha value is -3.61. The van der Waals surface area contributed by atoms with Gasteiger partial charge in [-0.25, -0.2) is 4.98 Å². The first kappa shape index (κ1) is 19.7. The van der Waals surface area contributed by atoms with Crippen molar-refractivity contribution < 1.29 is 9.59 Å². The second-order valence-corrected chi connectivity index (χ2v) is 7.65. The zero-order valence-corrected chi connectivity index (χ0v) is 17.4. The van der Waals surface area contributed by atoms with Crippen molar-refractivity contribution in [2.24, 2.45) is 0 Å². The zero-order chi connectivity index (χ0) is 21.3. The number of para-hydroxylation sites is 1. The number of rotatable bonds is 4. The maximum absolute atomic E-state index is 12.5. The first-order valence-corrected chi connectivity index (χ1v) is 9.92. The third kappa shape index (κ3) is 3.91. The molecule has 0 spiro atoms. The molecule has 1 aliphatic heterocycles.